The van der Waals surface area contributed by atoms with E-state index in [1.54, 1.807) is 11.3 Å². The monoisotopic (exact) mass is 309 g/mol. The van der Waals surface area contributed by atoms with Gasteiger partial charge in [-0.3, -0.25) is 14.5 Å². The van der Waals surface area contributed by atoms with Gasteiger partial charge in [0, 0.05) is 10.9 Å². The van der Waals surface area contributed by atoms with Crippen molar-refractivity contribution >= 4 is 28.3 Å². The van der Waals surface area contributed by atoms with Crippen LogP contribution in [0.25, 0.3) is 0 Å². The van der Waals surface area contributed by atoms with Crippen molar-refractivity contribution in [2.24, 2.45) is 0 Å². The van der Waals surface area contributed by atoms with Gasteiger partial charge in [-0.1, -0.05) is 20.8 Å². The topological polar surface area (TPSA) is 62.3 Å². The number of thiazole rings is 1. The molecule has 1 N–H and O–H groups in total. The summed E-state index contributed by atoms with van der Waals surface area (Å²) in [5.74, 6) is -0.185. The van der Waals surface area contributed by atoms with E-state index >= 15 is 0 Å². The summed E-state index contributed by atoms with van der Waals surface area (Å²) in [7, 11) is 0. The van der Waals surface area contributed by atoms with Crippen LogP contribution in [0.15, 0.2) is 0 Å². The Morgan fingerprint density at radius 3 is 2.52 bits per heavy atom. The SMILES string of the molecule is CCc1nc(NC2CC(=O)N(C(CC)CC)C2=O)sc1C. The van der Waals surface area contributed by atoms with Crippen LogP contribution < -0.4 is 5.32 Å². The Morgan fingerprint density at radius 2 is 2.00 bits per heavy atom. The molecule has 116 valence electrons. The number of hydrogen-bond donors (Lipinski definition) is 1. The Bertz CT molecular complexity index is 537. The third-order valence-electron chi connectivity index (χ3n) is 4.02. The van der Waals surface area contributed by atoms with Gasteiger partial charge in [0.1, 0.15) is 6.04 Å². The Morgan fingerprint density at radius 1 is 1.33 bits per heavy atom. The largest absolute Gasteiger partial charge is 0.349 e. The lowest BCUT2D eigenvalue weighted by molar-refractivity contribution is -0.141. The third-order valence-corrected chi connectivity index (χ3v) is 4.96. The summed E-state index contributed by atoms with van der Waals surface area (Å²) in [5, 5.41) is 3.88. The van der Waals surface area contributed by atoms with Gasteiger partial charge in [-0.15, -0.1) is 11.3 Å². The van der Waals surface area contributed by atoms with Gasteiger partial charge < -0.3 is 5.32 Å². The maximum Gasteiger partial charge on any atom is 0.252 e. The number of rotatable bonds is 6. The normalized spacial score (nSPS) is 18.9. The predicted octanol–water partition coefficient (Wildman–Crippen LogP) is 2.74. The molecule has 0 bridgehead atoms. The number of aromatic nitrogens is 1. The summed E-state index contributed by atoms with van der Waals surface area (Å²) in [6, 6.07) is -0.450. The standard InChI is InChI=1S/C15H23N3O2S/c1-5-10(6-2)18-13(19)8-12(14(18)20)17-15-16-11(7-3)9(4)21-15/h10,12H,5-8H2,1-4H3,(H,16,17). The molecule has 21 heavy (non-hydrogen) atoms. The van der Waals surface area contributed by atoms with Crippen molar-refractivity contribution in [3.63, 3.8) is 0 Å². The Balaban J connectivity index is 2.11. The van der Waals surface area contributed by atoms with E-state index < -0.39 is 6.04 Å². The molecule has 1 saturated heterocycles. The highest BCUT2D eigenvalue weighted by Crippen LogP contribution is 2.27. The molecule has 0 radical (unpaired) electrons. The average molecular weight is 309 g/mol. The number of hydrogen-bond acceptors (Lipinski definition) is 5. The maximum absolute atomic E-state index is 12.5. The van der Waals surface area contributed by atoms with E-state index in [0.717, 1.165) is 35.0 Å². The Hall–Kier alpha value is -1.43. The van der Waals surface area contributed by atoms with Gasteiger partial charge in [0.2, 0.25) is 5.91 Å². The number of carbonyl (C=O) groups excluding carboxylic acids is 2. The first kappa shape index (κ1) is 15.9. The molecule has 2 heterocycles. The molecule has 1 aromatic rings. The fraction of sp³-hybridized carbons (Fsp3) is 0.667. The minimum absolute atomic E-state index is 0.0148. The molecule has 0 aliphatic carbocycles. The van der Waals surface area contributed by atoms with Gasteiger partial charge in [0.15, 0.2) is 5.13 Å². The number of aryl methyl sites for hydroxylation is 2. The van der Waals surface area contributed by atoms with Crippen LogP contribution in [0.3, 0.4) is 0 Å². The molecule has 5 nitrogen and oxygen atoms in total. The van der Waals surface area contributed by atoms with Gasteiger partial charge in [-0.2, -0.15) is 0 Å². The van der Waals surface area contributed by atoms with Crippen LogP contribution in [0.4, 0.5) is 5.13 Å². The Labute approximate surface area is 129 Å². The number of amides is 2. The van der Waals surface area contributed by atoms with E-state index in [1.165, 1.54) is 4.90 Å². The van der Waals surface area contributed by atoms with Crippen molar-refractivity contribution in [2.45, 2.75) is 65.5 Å². The second-order valence-corrected chi connectivity index (χ2v) is 6.55. The highest BCUT2D eigenvalue weighted by Gasteiger charge is 2.41. The first-order valence-electron chi connectivity index (χ1n) is 7.60. The molecule has 0 aromatic carbocycles. The summed E-state index contributed by atoms with van der Waals surface area (Å²) in [6.07, 6.45) is 2.71. The van der Waals surface area contributed by atoms with E-state index in [1.807, 2.05) is 20.8 Å². The number of carbonyl (C=O) groups is 2. The molecule has 1 fully saturated rings. The molecule has 2 amide bonds. The van der Waals surface area contributed by atoms with E-state index in [9.17, 15) is 9.59 Å². The number of likely N-dealkylation sites (tertiary alicyclic amines) is 1. The van der Waals surface area contributed by atoms with Crippen LogP contribution in [0.5, 0.6) is 0 Å². The molecular weight excluding hydrogens is 286 g/mol. The van der Waals surface area contributed by atoms with Crippen molar-refractivity contribution in [1.29, 1.82) is 0 Å². The zero-order valence-electron chi connectivity index (χ0n) is 13.1. The zero-order valence-corrected chi connectivity index (χ0v) is 13.9. The molecular formula is C15H23N3O2S. The summed E-state index contributed by atoms with van der Waals surface area (Å²) in [4.78, 5) is 31.7. The molecule has 2 rings (SSSR count). The molecule has 0 spiro atoms. The smallest absolute Gasteiger partial charge is 0.252 e. The van der Waals surface area contributed by atoms with Crippen molar-refractivity contribution in [3.8, 4) is 0 Å². The van der Waals surface area contributed by atoms with Gasteiger partial charge in [0.25, 0.3) is 5.91 Å². The van der Waals surface area contributed by atoms with Gasteiger partial charge >= 0.3 is 0 Å². The minimum atomic E-state index is -0.464. The van der Waals surface area contributed by atoms with Crippen LogP contribution in [-0.2, 0) is 16.0 Å². The highest BCUT2D eigenvalue weighted by atomic mass is 32.1. The zero-order chi connectivity index (χ0) is 15.6. The van der Waals surface area contributed by atoms with Crippen molar-refractivity contribution < 1.29 is 9.59 Å². The van der Waals surface area contributed by atoms with Gasteiger partial charge in [0.05, 0.1) is 12.1 Å². The van der Waals surface area contributed by atoms with Crippen LogP contribution in [0.1, 0.15) is 50.6 Å². The van der Waals surface area contributed by atoms with E-state index in [-0.39, 0.29) is 24.3 Å². The van der Waals surface area contributed by atoms with Gasteiger partial charge in [-0.05, 0) is 26.2 Å². The number of imide groups is 1. The van der Waals surface area contributed by atoms with Crippen LogP contribution in [-0.4, -0.2) is 33.8 Å². The van der Waals surface area contributed by atoms with E-state index in [4.69, 9.17) is 0 Å². The van der Waals surface area contributed by atoms with Crippen molar-refractivity contribution in [1.82, 2.24) is 9.88 Å². The fourth-order valence-electron chi connectivity index (χ4n) is 2.77. The lowest BCUT2D eigenvalue weighted by Gasteiger charge is -2.24. The number of nitrogens with zero attached hydrogens (tertiary/aromatic N) is 2. The third kappa shape index (κ3) is 3.10. The first-order valence-corrected chi connectivity index (χ1v) is 8.42. The van der Waals surface area contributed by atoms with Crippen LogP contribution in [0, 0.1) is 6.92 Å². The highest BCUT2D eigenvalue weighted by molar-refractivity contribution is 7.15. The average Bonchev–Trinajstić information content (AvgIpc) is 2.94. The van der Waals surface area contributed by atoms with Crippen LogP contribution in [0.2, 0.25) is 0 Å². The minimum Gasteiger partial charge on any atom is -0.349 e. The summed E-state index contributed by atoms with van der Waals surface area (Å²) < 4.78 is 0. The second-order valence-electron chi connectivity index (χ2n) is 5.35. The lowest BCUT2D eigenvalue weighted by Crippen LogP contribution is -2.41. The molecule has 1 atom stereocenters. The fourth-order valence-corrected chi connectivity index (χ4v) is 3.72. The van der Waals surface area contributed by atoms with E-state index in [0.29, 0.717) is 0 Å². The van der Waals surface area contributed by atoms with Crippen LogP contribution >= 0.6 is 11.3 Å². The quantitative estimate of drug-likeness (QED) is 0.821. The maximum atomic E-state index is 12.5. The van der Waals surface area contributed by atoms with Crippen molar-refractivity contribution in [2.75, 3.05) is 5.32 Å². The molecule has 1 aliphatic heterocycles. The molecule has 0 saturated carbocycles. The predicted molar refractivity (Wildman–Crippen MR) is 84.5 cm³/mol. The number of nitrogens with one attached hydrogen (secondary N) is 1. The second kappa shape index (κ2) is 6.56. The molecule has 1 aliphatic rings. The summed E-state index contributed by atoms with van der Waals surface area (Å²) in [5.41, 5.74) is 1.05. The van der Waals surface area contributed by atoms with E-state index in [2.05, 4.69) is 17.2 Å². The summed E-state index contributed by atoms with van der Waals surface area (Å²) in [6.45, 7) is 8.10. The Kier molecular flexibility index (Phi) is 4.98. The molecule has 1 unspecified atom stereocenters. The molecule has 6 heteroatoms. The lowest BCUT2D eigenvalue weighted by atomic mass is 10.1. The molecule has 1 aromatic heterocycles. The van der Waals surface area contributed by atoms with Gasteiger partial charge in [-0.25, -0.2) is 4.98 Å². The number of anilines is 1. The van der Waals surface area contributed by atoms with Crippen molar-refractivity contribution in [3.05, 3.63) is 10.6 Å². The summed E-state index contributed by atoms with van der Waals surface area (Å²) >= 11 is 1.55. The first-order chi connectivity index (χ1) is 10.0.